The molecule has 0 saturated carbocycles. The third kappa shape index (κ3) is 8.25. The van der Waals surface area contributed by atoms with E-state index in [2.05, 4.69) is 85.3 Å². The van der Waals surface area contributed by atoms with E-state index in [0.29, 0.717) is 0 Å². The van der Waals surface area contributed by atoms with Crippen LogP contribution in [0.1, 0.15) is 20.3 Å². The molecule has 0 amide bonds. The van der Waals surface area contributed by atoms with Gasteiger partial charge in [0.05, 0.1) is 0 Å². The van der Waals surface area contributed by atoms with Crippen LogP contribution in [0.25, 0.3) is 0 Å². The topological polar surface area (TPSA) is 0 Å². The quantitative estimate of drug-likeness (QED) is 0.234. The van der Waals surface area contributed by atoms with E-state index >= 15 is 0 Å². The largest absolute Gasteiger partial charge is 0.257 e. The van der Waals surface area contributed by atoms with Crippen molar-refractivity contribution in [1.29, 1.82) is 0 Å². The number of rotatable bonds is 3. The van der Waals surface area contributed by atoms with Gasteiger partial charge < -0.3 is 0 Å². The fraction of sp³-hybridized carbons (Fsp3) is 0.667. The van der Waals surface area contributed by atoms with Crippen LogP contribution in [-0.2, 0) is 0 Å². The average Bonchev–Trinajstić information content (AvgIpc) is 1.81. The summed E-state index contributed by atoms with van der Waals surface area (Å²) in [6.07, 6.45) is 3.59. The van der Waals surface area contributed by atoms with Crippen LogP contribution < -0.4 is 0 Å². The van der Waals surface area contributed by atoms with E-state index < -0.39 is 0.564 Å². The lowest BCUT2D eigenvalue weighted by Crippen LogP contribution is -2.02. The Balaban J connectivity index is 3.73. The Morgan fingerprint density at radius 3 is 2.20 bits per heavy atom. The van der Waals surface area contributed by atoms with Crippen LogP contribution in [0.4, 0.5) is 0 Å². The molecule has 0 heterocycles. The van der Waals surface area contributed by atoms with E-state index in [-0.39, 0.29) is 0 Å². The maximum absolute atomic E-state index is 2.59. The first-order valence-corrected chi connectivity index (χ1v) is 14.7. The summed E-state index contributed by atoms with van der Waals surface area (Å²) in [6.45, 7) is 4.42. The Morgan fingerprint density at radius 1 is 1.40 bits per heavy atom. The van der Waals surface area contributed by atoms with E-state index in [1.165, 1.54) is 18.0 Å². The molecule has 0 aromatic heterocycles. The van der Waals surface area contributed by atoms with Crippen LogP contribution in [0.3, 0.4) is 0 Å². The van der Waals surface area contributed by atoms with E-state index in [1.807, 2.05) is 0 Å². The van der Waals surface area contributed by atoms with Gasteiger partial charge in [0.2, 0.25) is 0 Å². The maximum atomic E-state index is 2.59. The number of hydrogen-bond acceptors (Lipinski definition) is 0. The fourth-order valence-electron chi connectivity index (χ4n) is 0.434. The molecule has 0 aromatic rings. The van der Waals surface area contributed by atoms with Crippen molar-refractivity contribution >= 4 is 66.0 Å². The van der Waals surface area contributed by atoms with Crippen molar-refractivity contribution in [2.75, 3.05) is 0 Å². The molecular formula is C6H11I3Si. The lowest BCUT2D eigenvalue weighted by Gasteiger charge is -2.05. The van der Waals surface area contributed by atoms with Gasteiger partial charge in [-0.05, 0) is 19.4 Å². The van der Waals surface area contributed by atoms with Crippen molar-refractivity contribution in [2.45, 2.75) is 26.3 Å². The lowest BCUT2D eigenvalue weighted by atomic mass is 10.2. The molecule has 0 aromatic carbocycles. The highest BCUT2D eigenvalue weighted by atomic mass is 127. The maximum Gasteiger partial charge on any atom is 0.257 e. The highest BCUT2D eigenvalue weighted by Gasteiger charge is 2.18. The van der Waals surface area contributed by atoms with E-state index in [0.717, 1.165) is 0 Å². The molecule has 0 N–H and O–H groups in total. The van der Waals surface area contributed by atoms with Gasteiger partial charge in [0, 0.05) is 0 Å². The summed E-state index contributed by atoms with van der Waals surface area (Å²) in [7, 11) is 0. The standard InChI is InChI=1S/C6H11I3Si/c1-3-6(2)4-5-10(7,8)9/h4H,3,5H2,1-2H3. The van der Waals surface area contributed by atoms with Gasteiger partial charge in [-0.15, -0.1) is 0 Å². The molecule has 60 valence electrons. The Bertz CT molecular complexity index is 125. The third-order valence-electron chi connectivity index (χ3n) is 1.24. The molecule has 0 atom stereocenters. The summed E-state index contributed by atoms with van der Waals surface area (Å²) in [6, 6.07) is 1.30. The second-order valence-corrected chi connectivity index (χ2v) is 39.0. The van der Waals surface area contributed by atoms with Crippen LogP contribution in [0.5, 0.6) is 0 Å². The van der Waals surface area contributed by atoms with Crippen LogP contribution in [-0.4, -0.2) is 0.564 Å². The van der Waals surface area contributed by atoms with E-state index in [1.54, 1.807) is 0 Å². The minimum Gasteiger partial charge on any atom is -0.0906 e. The highest BCUT2D eigenvalue weighted by molar-refractivity contribution is 14.4. The minimum atomic E-state index is -0.903. The van der Waals surface area contributed by atoms with Gasteiger partial charge in [0.15, 0.2) is 0 Å². The van der Waals surface area contributed by atoms with Crippen molar-refractivity contribution in [3.8, 4) is 0 Å². The minimum absolute atomic E-state index is 0.903. The molecule has 0 fully saturated rings. The Morgan fingerprint density at radius 2 is 1.90 bits per heavy atom. The van der Waals surface area contributed by atoms with E-state index in [9.17, 15) is 0 Å². The summed E-state index contributed by atoms with van der Waals surface area (Å²) in [4.78, 5) is 0. The predicted molar refractivity (Wildman–Crippen MR) is 76.7 cm³/mol. The molecular weight excluding hydrogens is 481 g/mol. The smallest absolute Gasteiger partial charge is 0.0906 e. The molecule has 0 rings (SSSR count). The Labute approximate surface area is 102 Å². The molecule has 0 saturated heterocycles. The SMILES string of the molecule is CCC(C)=CC[Si](I)(I)I. The zero-order valence-corrected chi connectivity index (χ0v) is 13.6. The van der Waals surface area contributed by atoms with Crippen molar-refractivity contribution in [2.24, 2.45) is 0 Å². The Kier molecular flexibility index (Phi) is 6.97. The van der Waals surface area contributed by atoms with Gasteiger partial charge >= 0.3 is 0 Å². The van der Waals surface area contributed by atoms with Crippen molar-refractivity contribution < 1.29 is 0 Å². The zero-order chi connectivity index (χ0) is 8.20. The first kappa shape index (κ1) is 12.1. The van der Waals surface area contributed by atoms with Gasteiger partial charge in [-0.3, -0.25) is 0 Å². The molecule has 0 aliphatic heterocycles. The molecule has 0 unspecified atom stereocenters. The summed E-state index contributed by atoms with van der Waals surface area (Å²) >= 11 is 7.78. The molecule has 0 aliphatic rings. The number of allylic oxidation sites excluding steroid dienone is 2. The van der Waals surface area contributed by atoms with Crippen molar-refractivity contribution in [1.82, 2.24) is 0 Å². The third-order valence-corrected chi connectivity index (χ3v) is 5.87. The summed E-state index contributed by atoms with van der Waals surface area (Å²) in [5.74, 6) is 0. The van der Waals surface area contributed by atoms with Gasteiger partial charge in [0.25, 0.3) is 0.564 Å². The van der Waals surface area contributed by atoms with Crippen molar-refractivity contribution in [3.63, 3.8) is 0 Å². The first-order chi connectivity index (χ1) is 4.45. The number of halogens is 3. The fourth-order valence-corrected chi connectivity index (χ4v) is 3.00. The molecule has 0 radical (unpaired) electrons. The summed E-state index contributed by atoms with van der Waals surface area (Å²) in [5, 5.41) is 0. The molecule has 0 nitrogen and oxygen atoms in total. The van der Waals surface area contributed by atoms with Gasteiger partial charge in [-0.25, -0.2) is 0 Å². The predicted octanol–water partition coefficient (Wildman–Crippen LogP) is 4.59. The monoisotopic (exact) mass is 492 g/mol. The second-order valence-electron chi connectivity index (χ2n) is 2.22. The molecule has 0 bridgehead atoms. The van der Waals surface area contributed by atoms with Crippen molar-refractivity contribution in [3.05, 3.63) is 11.6 Å². The van der Waals surface area contributed by atoms with Crippen LogP contribution >= 0.6 is 65.4 Å². The van der Waals surface area contributed by atoms with Gasteiger partial charge in [0.1, 0.15) is 0 Å². The van der Waals surface area contributed by atoms with Gasteiger partial charge in [-0.1, -0.05) is 84.0 Å². The lowest BCUT2D eigenvalue weighted by molar-refractivity contribution is 1.09. The summed E-state index contributed by atoms with van der Waals surface area (Å²) in [5.41, 5.74) is 1.53. The Hall–Kier alpha value is 2.15. The summed E-state index contributed by atoms with van der Waals surface area (Å²) < 4.78 is -0.903. The first-order valence-electron chi connectivity index (χ1n) is 3.18. The van der Waals surface area contributed by atoms with E-state index in [4.69, 9.17) is 0 Å². The molecule has 0 aliphatic carbocycles. The second kappa shape index (κ2) is 5.73. The van der Waals surface area contributed by atoms with Gasteiger partial charge in [-0.2, -0.15) is 0 Å². The number of hydrogen-bond donors (Lipinski definition) is 0. The normalized spacial score (nSPS) is 13.9. The highest BCUT2D eigenvalue weighted by Crippen LogP contribution is 2.34. The van der Waals surface area contributed by atoms with Crippen LogP contribution in [0, 0.1) is 0 Å². The van der Waals surface area contributed by atoms with Crippen LogP contribution in [0.15, 0.2) is 11.6 Å². The van der Waals surface area contributed by atoms with Crippen LogP contribution in [0.2, 0.25) is 6.04 Å². The molecule has 4 heteroatoms. The zero-order valence-electron chi connectivity index (χ0n) is 6.13. The molecule has 0 spiro atoms. The average molecular weight is 492 g/mol. The molecule has 10 heavy (non-hydrogen) atoms.